The van der Waals surface area contributed by atoms with Crippen LogP contribution in [0.15, 0.2) is 53.8 Å². The molecule has 1 amide bonds. The summed E-state index contributed by atoms with van der Waals surface area (Å²) >= 11 is 6.30. The summed E-state index contributed by atoms with van der Waals surface area (Å²) in [6, 6.07) is 12.6. The molecule has 34 heavy (non-hydrogen) atoms. The molecule has 0 radical (unpaired) electrons. The summed E-state index contributed by atoms with van der Waals surface area (Å²) in [5.74, 6) is 1.17. The molecule has 1 saturated carbocycles. The van der Waals surface area contributed by atoms with Gasteiger partial charge in [0.25, 0.3) is 5.91 Å². The van der Waals surface area contributed by atoms with Crippen molar-refractivity contribution in [3.8, 4) is 11.5 Å². The number of rotatable bonds is 6. The molecule has 1 aliphatic carbocycles. The second-order valence-corrected chi connectivity index (χ2v) is 9.49. The molecule has 2 heterocycles. The standard InChI is InChI=1S/C27H28ClNO5/c1-32-21-11-10-16(14-22(21)33-2)12-13-29-24(17-6-5-7-18(28)15-17)23-25(30)19-8-3-4-9-20(19)34-26(23)27(29)31/h5-7,10-11,14-15,19-20,24H,3-4,8-9,12-13H2,1-2H3. The molecule has 0 bridgehead atoms. The van der Waals surface area contributed by atoms with Crippen LogP contribution in [0, 0.1) is 5.92 Å². The Kier molecular flexibility index (Phi) is 6.26. The maximum atomic E-state index is 13.6. The van der Waals surface area contributed by atoms with Crippen LogP contribution in [-0.4, -0.2) is 43.5 Å². The Morgan fingerprint density at radius 2 is 1.82 bits per heavy atom. The van der Waals surface area contributed by atoms with Crippen molar-refractivity contribution in [3.05, 3.63) is 69.9 Å². The summed E-state index contributed by atoms with van der Waals surface area (Å²) in [4.78, 5) is 29.0. The zero-order valence-corrected chi connectivity index (χ0v) is 20.1. The van der Waals surface area contributed by atoms with Gasteiger partial charge in [0, 0.05) is 11.6 Å². The number of hydrogen-bond donors (Lipinski definition) is 0. The van der Waals surface area contributed by atoms with E-state index in [1.807, 2.05) is 36.4 Å². The number of ether oxygens (including phenoxy) is 3. The Bertz CT molecular complexity index is 1160. The highest BCUT2D eigenvalue weighted by Gasteiger charge is 2.51. The predicted octanol–water partition coefficient (Wildman–Crippen LogP) is 4.90. The van der Waals surface area contributed by atoms with Gasteiger partial charge in [0.1, 0.15) is 6.10 Å². The molecule has 0 saturated heterocycles. The van der Waals surface area contributed by atoms with E-state index in [1.165, 1.54) is 0 Å². The lowest BCUT2D eigenvalue weighted by Crippen LogP contribution is -2.39. The van der Waals surface area contributed by atoms with Crippen molar-refractivity contribution in [3.63, 3.8) is 0 Å². The molecule has 2 aromatic rings. The average molecular weight is 482 g/mol. The van der Waals surface area contributed by atoms with Crippen molar-refractivity contribution in [1.29, 1.82) is 0 Å². The number of carbonyl (C=O) groups excluding carboxylic acids is 2. The van der Waals surface area contributed by atoms with Gasteiger partial charge in [0.15, 0.2) is 23.0 Å². The molecule has 3 unspecified atom stereocenters. The van der Waals surface area contributed by atoms with Gasteiger partial charge in [-0.15, -0.1) is 0 Å². The first-order chi connectivity index (χ1) is 16.5. The van der Waals surface area contributed by atoms with Crippen LogP contribution in [0.3, 0.4) is 0 Å². The number of methoxy groups -OCH3 is 2. The Labute approximate surface area is 204 Å². The molecule has 178 valence electrons. The lowest BCUT2D eigenvalue weighted by molar-refractivity contribution is -0.135. The van der Waals surface area contributed by atoms with Gasteiger partial charge < -0.3 is 19.1 Å². The van der Waals surface area contributed by atoms with Gasteiger partial charge >= 0.3 is 0 Å². The number of halogens is 1. The van der Waals surface area contributed by atoms with Gasteiger partial charge in [0.2, 0.25) is 0 Å². The van der Waals surface area contributed by atoms with Crippen LogP contribution in [-0.2, 0) is 20.7 Å². The quantitative estimate of drug-likeness (QED) is 0.587. The lowest BCUT2D eigenvalue weighted by Gasteiger charge is -2.35. The summed E-state index contributed by atoms with van der Waals surface area (Å²) in [5.41, 5.74) is 2.31. The van der Waals surface area contributed by atoms with Gasteiger partial charge in [0.05, 0.1) is 31.8 Å². The predicted molar refractivity (Wildman–Crippen MR) is 128 cm³/mol. The summed E-state index contributed by atoms with van der Waals surface area (Å²) in [6.45, 7) is 0.421. The second kappa shape index (κ2) is 9.34. The summed E-state index contributed by atoms with van der Waals surface area (Å²) < 4.78 is 17.0. The van der Waals surface area contributed by atoms with Crippen molar-refractivity contribution >= 4 is 23.3 Å². The van der Waals surface area contributed by atoms with E-state index >= 15 is 0 Å². The fourth-order valence-corrected chi connectivity index (χ4v) is 5.63. The molecule has 5 rings (SSSR count). The maximum absolute atomic E-state index is 13.6. The molecule has 1 fully saturated rings. The van der Waals surface area contributed by atoms with E-state index in [-0.39, 0.29) is 29.5 Å². The van der Waals surface area contributed by atoms with Crippen LogP contribution in [0.1, 0.15) is 42.9 Å². The first kappa shape index (κ1) is 22.8. The number of fused-ring (bicyclic) bond motifs is 1. The monoisotopic (exact) mass is 481 g/mol. The molecule has 0 spiro atoms. The van der Waals surface area contributed by atoms with Crippen molar-refractivity contribution in [1.82, 2.24) is 4.90 Å². The Morgan fingerprint density at radius 3 is 2.59 bits per heavy atom. The third-order valence-corrected chi connectivity index (χ3v) is 7.35. The lowest BCUT2D eigenvalue weighted by atomic mass is 9.77. The SMILES string of the molecule is COc1ccc(CCN2C(=O)C3=C(C(=O)C4CCCCC4O3)C2c2cccc(Cl)c2)cc1OC. The zero-order chi connectivity index (χ0) is 23.8. The minimum absolute atomic E-state index is 0.0536. The zero-order valence-electron chi connectivity index (χ0n) is 19.4. The van der Waals surface area contributed by atoms with E-state index in [4.69, 9.17) is 25.8 Å². The number of carbonyl (C=O) groups is 2. The fourth-order valence-electron chi connectivity index (χ4n) is 5.43. The van der Waals surface area contributed by atoms with Gasteiger partial charge in [-0.25, -0.2) is 0 Å². The molecular weight excluding hydrogens is 454 g/mol. The fraction of sp³-hybridized carbons (Fsp3) is 0.407. The average Bonchev–Trinajstić information content (AvgIpc) is 3.14. The van der Waals surface area contributed by atoms with Crippen LogP contribution in [0.5, 0.6) is 11.5 Å². The van der Waals surface area contributed by atoms with Gasteiger partial charge in [-0.3, -0.25) is 9.59 Å². The normalized spacial score (nSPS) is 24.0. The first-order valence-corrected chi connectivity index (χ1v) is 12.1. The van der Waals surface area contributed by atoms with Crippen LogP contribution < -0.4 is 9.47 Å². The summed E-state index contributed by atoms with van der Waals surface area (Å²) in [7, 11) is 3.20. The van der Waals surface area contributed by atoms with E-state index in [2.05, 4.69) is 0 Å². The van der Waals surface area contributed by atoms with Gasteiger partial charge in [-0.1, -0.05) is 36.2 Å². The number of benzene rings is 2. The van der Waals surface area contributed by atoms with Crippen molar-refractivity contribution in [2.75, 3.05) is 20.8 Å². The van der Waals surface area contributed by atoms with Crippen LogP contribution >= 0.6 is 11.6 Å². The van der Waals surface area contributed by atoms with Crippen LogP contribution in [0.4, 0.5) is 0 Å². The number of Topliss-reactive ketones (excluding diaryl/α,β-unsaturated/α-hetero) is 1. The maximum Gasteiger partial charge on any atom is 0.290 e. The number of nitrogens with zero attached hydrogens (tertiary/aromatic N) is 1. The summed E-state index contributed by atoms with van der Waals surface area (Å²) in [5, 5.41) is 0.568. The van der Waals surface area contributed by atoms with E-state index in [1.54, 1.807) is 25.2 Å². The van der Waals surface area contributed by atoms with E-state index in [9.17, 15) is 9.59 Å². The van der Waals surface area contributed by atoms with Crippen molar-refractivity contribution in [2.24, 2.45) is 5.92 Å². The van der Waals surface area contributed by atoms with Crippen molar-refractivity contribution < 1.29 is 23.8 Å². The Hall–Kier alpha value is -2.99. The smallest absolute Gasteiger partial charge is 0.290 e. The van der Waals surface area contributed by atoms with E-state index in [0.29, 0.717) is 35.1 Å². The largest absolute Gasteiger partial charge is 0.493 e. The number of ketones is 1. The molecule has 0 aromatic heterocycles. The van der Waals surface area contributed by atoms with Crippen LogP contribution in [0.2, 0.25) is 5.02 Å². The molecule has 2 aliphatic heterocycles. The molecular formula is C27H28ClNO5. The van der Waals surface area contributed by atoms with Gasteiger partial charge in [-0.05, 0) is 61.1 Å². The highest BCUT2D eigenvalue weighted by atomic mass is 35.5. The third kappa shape index (κ3) is 3.94. The van der Waals surface area contributed by atoms with Crippen LogP contribution in [0.25, 0.3) is 0 Å². The van der Waals surface area contributed by atoms with E-state index < -0.39 is 6.04 Å². The number of hydrogen-bond acceptors (Lipinski definition) is 5. The minimum atomic E-state index is -0.503. The van der Waals surface area contributed by atoms with Crippen molar-refractivity contribution in [2.45, 2.75) is 44.2 Å². The molecule has 6 nitrogen and oxygen atoms in total. The molecule has 2 aromatic carbocycles. The highest BCUT2D eigenvalue weighted by Crippen LogP contribution is 2.47. The van der Waals surface area contributed by atoms with Gasteiger partial charge in [-0.2, -0.15) is 0 Å². The molecule has 0 N–H and O–H groups in total. The highest BCUT2D eigenvalue weighted by molar-refractivity contribution is 6.30. The Morgan fingerprint density at radius 1 is 1.03 bits per heavy atom. The molecule has 7 heteroatoms. The topological polar surface area (TPSA) is 65.1 Å². The summed E-state index contributed by atoms with van der Waals surface area (Å²) in [6.07, 6.45) is 4.04. The Balaban J connectivity index is 1.48. The molecule has 3 atom stereocenters. The minimum Gasteiger partial charge on any atom is -0.493 e. The number of amides is 1. The van der Waals surface area contributed by atoms with E-state index in [0.717, 1.165) is 36.8 Å². The third-order valence-electron chi connectivity index (χ3n) is 7.11. The second-order valence-electron chi connectivity index (χ2n) is 9.05. The molecule has 3 aliphatic rings. The first-order valence-electron chi connectivity index (χ1n) is 11.7.